The maximum absolute atomic E-state index is 12.1. The fraction of sp³-hybridized carbons (Fsp3) is 0.562. The van der Waals surface area contributed by atoms with Crippen molar-refractivity contribution >= 4 is 11.9 Å². The van der Waals surface area contributed by atoms with Crippen LogP contribution in [-0.4, -0.2) is 27.5 Å². The standard InChI is InChI=1S/C16H22N2O3/c1-12-7-9-16(10-8-12,15(20)21)18-14(19)6-5-13-4-2-3-11-17-13/h2-4,11-12H,5-10H2,1H3,(H,18,19)(H,20,21). The van der Waals surface area contributed by atoms with Gasteiger partial charge in [0.25, 0.3) is 0 Å². The van der Waals surface area contributed by atoms with Gasteiger partial charge in [0, 0.05) is 18.3 Å². The maximum Gasteiger partial charge on any atom is 0.329 e. The van der Waals surface area contributed by atoms with E-state index in [1.54, 1.807) is 6.20 Å². The number of hydrogen-bond acceptors (Lipinski definition) is 3. The van der Waals surface area contributed by atoms with Gasteiger partial charge in [0.1, 0.15) is 5.54 Å². The molecular formula is C16H22N2O3. The van der Waals surface area contributed by atoms with E-state index in [9.17, 15) is 14.7 Å². The van der Waals surface area contributed by atoms with Crippen LogP contribution in [0.4, 0.5) is 0 Å². The first-order valence-corrected chi connectivity index (χ1v) is 7.46. The monoisotopic (exact) mass is 290 g/mol. The topological polar surface area (TPSA) is 79.3 Å². The van der Waals surface area contributed by atoms with E-state index < -0.39 is 11.5 Å². The van der Waals surface area contributed by atoms with Crippen LogP contribution in [0.5, 0.6) is 0 Å². The van der Waals surface area contributed by atoms with Crippen molar-refractivity contribution in [2.45, 2.75) is 51.0 Å². The van der Waals surface area contributed by atoms with Gasteiger partial charge in [-0.2, -0.15) is 0 Å². The van der Waals surface area contributed by atoms with E-state index in [2.05, 4.69) is 17.2 Å². The number of carbonyl (C=O) groups excluding carboxylic acids is 1. The second-order valence-corrected chi connectivity index (χ2v) is 5.94. The van der Waals surface area contributed by atoms with Crippen molar-refractivity contribution in [2.24, 2.45) is 5.92 Å². The second-order valence-electron chi connectivity index (χ2n) is 5.94. The van der Waals surface area contributed by atoms with E-state index in [4.69, 9.17) is 0 Å². The van der Waals surface area contributed by atoms with Crippen LogP contribution in [0.15, 0.2) is 24.4 Å². The molecule has 1 aliphatic rings. The van der Waals surface area contributed by atoms with Crippen LogP contribution in [0.2, 0.25) is 0 Å². The van der Waals surface area contributed by atoms with Gasteiger partial charge in [-0.25, -0.2) is 4.79 Å². The summed E-state index contributed by atoms with van der Waals surface area (Å²) >= 11 is 0. The molecule has 5 heteroatoms. The van der Waals surface area contributed by atoms with Crippen molar-refractivity contribution in [1.29, 1.82) is 0 Å². The number of carbonyl (C=O) groups is 2. The molecule has 0 aromatic carbocycles. The molecule has 0 unspecified atom stereocenters. The lowest BCUT2D eigenvalue weighted by Gasteiger charge is -2.36. The molecule has 0 bridgehead atoms. The minimum atomic E-state index is -1.08. The number of nitrogens with zero attached hydrogens (tertiary/aromatic N) is 1. The van der Waals surface area contributed by atoms with E-state index in [0.717, 1.165) is 18.5 Å². The highest BCUT2D eigenvalue weighted by atomic mass is 16.4. The molecule has 2 N–H and O–H groups in total. The van der Waals surface area contributed by atoms with Gasteiger partial charge < -0.3 is 10.4 Å². The minimum absolute atomic E-state index is 0.211. The van der Waals surface area contributed by atoms with Crippen molar-refractivity contribution in [2.75, 3.05) is 0 Å². The van der Waals surface area contributed by atoms with Crippen molar-refractivity contribution < 1.29 is 14.7 Å². The summed E-state index contributed by atoms with van der Waals surface area (Å²) in [6.45, 7) is 2.12. The first-order valence-electron chi connectivity index (χ1n) is 7.46. The Labute approximate surface area is 124 Å². The van der Waals surface area contributed by atoms with Crippen LogP contribution < -0.4 is 5.32 Å². The van der Waals surface area contributed by atoms with Crippen molar-refractivity contribution in [3.05, 3.63) is 30.1 Å². The van der Waals surface area contributed by atoms with Gasteiger partial charge in [-0.15, -0.1) is 0 Å². The molecule has 1 fully saturated rings. The number of pyridine rings is 1. The summed E-state index contributed by atoms with van der Waals surface area (Å²) in [4.78, 5) is 27.8. The Morgan fingerprint density at radius 3 is 2.67 bits per heavy atom. The zero-order valence-corrected chi connectivity index (χ0v) is 12.3. The smallest absolute Gasteiger partial charge is 0.329 e. The summed E-state index contributed by atoms with van der Waals surface area (Å²) < 4.78 is 0. The molecule has 0 radical (unpaired) electrons. The third-order valence-electron chi connectivity index (χ3n) is 4.25. The predicted molar refractivity (Wildman–Crippen MR) is 78.7 cm³/mol. The molecule has 1 saturated carbocycles. The fourth-order valence-corrected chi connectivity index (χ4v) is 2.76. The van der Waals surface area contributed by atoms with Crippen LogP contribution in [0.1, 0.15) is 44.7 Å². The van der Waals surface area contributed by atoms with Crippen molar-refractivity contribution in [3.8, 4) is 0 Å². The first-order chi connectivity index (χ1) is 10.0. The number of aromatic nitrogens is 1. The Morgan fingerprint density at radius 1 is 1.38 bits per heavy atom. The Bertz CT molecular complexity index is 494. The number of rotatable bonds is 5. The number of nitrogens with one attached hydrogen (secondary N) is 1. The number of carboxylic acids is 1. The molecule has 0 saturated heterocycles. The van der Waals surface area contributed by atoms with Crippen LogP contribution in [0.3, 0.4) is 0 Å². The Kier molecular flexibility index (Phi) is 4.94. The largest absolute Gasteiger partial charge is 0.480 e. The molecule has 1 amide bonds. The molecule has 5 nitrogen and oxygen atoms in total. The average molecular weight is 290 g/mol. The number of aliphatic carboxylic acids is 1. The lowest BCUT2D eigenvalue weighted by Crippen LogP contribution is -2.56. The molecule has 114 valence electrons. The maximum atomic E-state index is 12.1. The molecule has 0 aliphatic heterocycles. The molecular weight excluding hydrogens is 268 g/mol. The molecule has 1 aromatic heterocycles. The Hall–Kier alpha value is -1.91. The summed E-state index contributed by atoms with van der Waals surface area (Å²) in [5.41, 5.74) is -0.234. The third kappa shape index (κ3) is 4.03. The number of hydrogen-bond donors (Lipinski definition) is 2. The van der Waals surface area contributed by atoms with E-state index in [1.165, 1.54) is 0 Å². The number of amides is 1. The minimum Gasteiger partial charge on any atom is -0.480 e. The predicted octanol–water partition coefficient (Wildman–Crippen LogP) is 2.16. The van der Waals surface area contributed by atoms with Crippen LogP contribution in [0.25, 0.3) is 0 Å². The lowest BCUT2D eigenvalue weighted by atomic mass is 9.77. The van der Waals surface area contributed by atoms with Crippen LogP contribution in [0, 0.1) is 5.92 Å². The van der Waals surface area contributed by atoms with E-state index in [-0.39, 0.29) is 12.3 Å². The third-order valence-corrected chi connectivity index (χ3v) is 4.25. The van der Waals surface area contributed by atoms with E-state index >= 15 is 0 Å². The molecule has 0 spiro atoms. The zero-order valence-electron chi connectivity index (χ0n) is 12.3. The van der Waals surface area contributed by atoms with Crippen LogP contribution in [-0.2, 0) is 16.0 Å². The van der Waals surface area contributed by atoms with Crippen LogP contribution >= 0.6 is 0 Å². The Balaban J connectivity index is 1.91. The highest BCUT2D eigenvalue weighted by Gasteiger charge is 2.42. The highest BCUT2D eigenvalue weighted by Crippen LogP contribution is 2.32. The SMILES string of the molecule is CC1CCC(NC(=O)CCc2ccccn2)(C(=O)O)CC1. The van der Waals surface area contributed by atoms with Gasteiger partial charge in [-0.3, -0.25) is 9.78 Å². The van der Waals surface area contributed by atoms with Gasteiger partial charge in [0.15, 0.2) is 0 Å². The first kappa shape index (κ1) is 15.5. The van der Waals surface area contributed by atoms with Crippen molar-refractivity contribution in [3.63, 3.8) is 0 Å². The molecule has 0 atom stereocenters. The summed E-state index contributed by atoms with van der Waals surface area (Å²) in [6.07, 6.45) is 5.19. The summed E-state index contributed by atoms with van der Waals surface area (Å²) in [7, 11) is 0. The molecule has 21 heavy (non-hydrogen) atoms. The van der Waals surface area contributed by atoms with Gasteiger partial charge in [-0.05, 0) is 50.2 Å². The van der Waals surface area contributed by atoms with E-state index in [0.29, 0.717) is 25.2 Å². The molecule has 1 aliphatic carbocycles. The van der Waals surface area contributed by atoms with Gasteiger partial charge in [0.05, 0.1) is 0 Å². The van der Waals surface area contributed by atoms with Gasteiger partial charge >= 0.3 is 5.97 Å². The average Bonchev–Trinajstić information content (AvgIpc) is 2.48. The summed E-state index contributed by atoms with van der Waals surface area (Å²) in [5, 5.41) is 12.2. The molecule has 1 heterocycles. The highest BCUT2D eigenvalue weighted by molar-refractivity contribution is 5.87. The van der Waals surface area contributed by atoms with Gasteiger partial charge in [-0.1, -0.05) is 13.0 Å². The quantitative estimate of drug-likeness (QED) is 0.871. The van der Waals surface area contributed by atoms with E-state index in [1.807, 2.05) is 18.2 Å². The number of carboxylic acid groups (broad SMARTS) is 1. The molecule has 2 rings (SSSR count). The normalized spacial score (nSPS) is 25.3. The lowest BCUT2D eigenvalue weighted by molar-refractivity contribution is -0.149. The Morgan fingerprint density at radius 2 is 2.10 bits per heavy atom. The zero-order chi connectivity index (χ0) is 15.3. The number of aryl methyl sites for hydroxylation is 1. The fourth-order valence-electron chi connectivity index (χ4n) is 2.76. The molecule has 1 aromatic rings. The van der Waals surface area contributed by atoms with Crippen molar-refractivity contribution in [1.82, 2.24) is 10.3 Å². The summed E-state index contributed by atoms with van der Waals surface area (Å²) in [6, 6.07) is 5.57. The summed E-state index contributed by atoms with van der Waals surface area (Å²) in [5.74, 6) is -0.596. The van der Waals surface area contributed by atoms with Gasteiger partial charge in [0.2, 0.25) is 5.91 Å². The second kappa shape index (κ2) is 6.70.